The highest BCUT2D eigenvalue weighted by Gasteiger charge is 2.51. The molecule has 0 radical (unpaired) electrons. The Labute approximate surface area is 151 Å². The third kappa shape index (κ3) is 2.90. The van der Waals surface area contributed by atoms with Crippen molar-refractivity contribution in [3.8, 4) is 0 Å². The zero-order valence-electron chi connectivity index (χ0n) is 25.8. The molecule has 0 saturated carbocycles. The van der Waals surface area contributed by atoms with Crippen LogP contribution in [0, 0.1) is 0 Å². The van der Waals surface area contributed by atoms with E-state index in [1.165, 1.54) is 0 Å². The summed E-state index contributed by atoms with van der Waals surface area (Å²) < 4.78 is 119. The molecule has 0 amide bonds. The molecule has 1 N–H and O–H groups in total. The van der Waals surface area contributed by atoms with Crippen molar-refractivity contribution in [3.05, 3.63) is 24.2 Å². The van der Waals surface area contributed by atoms with Gasteiger partial charge in [-0.3, -0.25) is 0 Å². The molecule has 3 rings (SSSR count). The zero-order valence-corrected chi connectivity index (χ0v) is 12.8. The summed E-state index contributed by atoms with van der Waals surface area (Å²) >= 11 is 0. The van der Waals surface area contributed by atoms with E-state index in [-0.39, 0.29) is 4.90 Å². The molecule has 2 fully saturated rings. The lowest BCUT2D eigenvalue weighted by Gasteiger charge is -2.32. The maximum atomic E-state index is 10.4. The van der Waals surface area contributed by atoms with Crippen LogP contribution in [0.5, 0.6) is 0 Å². The van der Waals surface area contributed by atoms with Crippen molar-refractivity contribution < 1.29 is 32.2 Å². The summed E-state index contributed by atoms with van der Waals surface area (Å²) in [5.41, 5.74) is -3.44. The Hall–Kier alpha value is -1.04. The third-order valence-corrected chi connectivity index (χ3v) is 3.92. The summed E-state index contributed by atoms with van der Waals surface area (Å²) in [4.78, 5) is -0.167. The van der Waals surface area contributed by atoms with E-state index in [9.17, 15) is 5.11 Å². The number of hydrogen-bond donors (Lipinski definition) is 1. The highest BCUT2D eigenvalue weighted by Crippen LogP contribution is 2.36. The third-order valence-electron chi connectivity index (χ3n) is 3.92. The maximum Gasteiger partial charge on any atom is 0.494 e. The molecule has 5 heteroatoms. The SMILES string of the molecule is [2H]c1c([2H])c(B2OC(C)(C)C(C)(C)O2)c([2H])c(N2C([2H])([2H])C([2H])([2H])C([2H])(O)C([2H])([2H])C2([2H])[2H])c1[2H]. The van der Waals surface area contributed by atoms with E-state index in [0.29, 0.717) is 0 Å². The van der Waals surface area contributed by atoms with Crippen LogP contribution in [0.2, 0.25) is 0 Å². The fourth-order valence-corrected chi connectivity index (χ4v) is 1.93. The van der Waals surface area contributed by atoms with Crippen molar-refractivity contribution in [2.75, 3.05) is 17.9 Å². The van der Waals surface area contributed by atoms with E-state index >= 15 is 0 Å². The van der Waals surface area contributed by atoms with Gasteiger partial charge < -0.3 is 19.3 Å². The van der Waals surface area contributed by atoms with Crippen molar-refractivity contribution in [2.45, 2.75) is 57.7 Å². The number of nitrogens with zero attached hydrogens (tertiary/aromatic N) is 1. The molecule has 0 spiro atoms. The van der Waals surface area contributed by atoms with Crippen molar-refractivity contribution in [1.29, 1.82) is 0 Å². The predicted molar refractivity (Wildman–Crippen MR) is 89.6 cm³/mol. The number of piperidine rings is 1. The fourth-order valence-electron chi connectivity index (χ4n) is 1.93. The summed E-state index contributed by atoms with van der Waals surface area (Å²) in [5, 5.41) is 10.4. The van der Waals surface area contributed by atoms with E-state index in [2.05, 4.69) is 0 Å². The number of rotatable bonds is 2. The molecule has 0 atom stereocenters. The van der Waals surface area contributed by atoms with Crippen LogP contribution in [0.1, 0.15) is 58.3 Å². The Morgan fingerprint density at radius 2 is 1.86 bits per heavy atom. The largest absolute Gasteiger partial charge is 0.494 e. The maximum absolute atomic E-state index is 10.4. The quantitative estimate of drug-likeness (QED) is 0.847. The molecule has 0 aromatic heterocycles. The van der Waals surface area contributed by atoms with E-state index < -0.39 is 85.5 Å². The summed E-state index contributed by atoms with van der Waals surface area (Å²) in [6.45, 7) is -0.729. The average Bonchev–Trinajstić information content (AvgIpc) is 2.88. The topological polar surface area (TPSA) is 41.9 Å². The molecule has 4 nitrogen and oxygen atoms in total. The molecule has 0 unspecified atom stereocenters. The first-order valence-electron chi connectivity index (χ1n) is 13.3. The number of benzene rings is 1. The first-order chi connectivity index (χ1) is 15.3. The van der Waals surface area contributed by atoms with Gasteiger partial charge in [-0.05, 0) is 58.0 Å². The van der Waals surface area contributed by atoms with E-state index in [4.69, 9.17) is 27.1 Å². The van der Waals surface area contributed by atoms with Gasteiger partial charge in [0.1, 0.15) is 0 Å². The first kappa shape index (κ1) is 6.46. The van der Waals surface area contributed by atoms with Gasteiger partial charge >= 0.3 is 7.12 Å². The lowest BCUT2D eigenvalue weighted by molar-refractivity contribution is 0.00578. The molecule has 2 aliphatic heterocycles. The van der Waals surface area contributed by atoms with E-state index in [1.54, 1.807) is 27.7 Å². The van der Waals surface area contributed by atoms with Crippen molar-refractivity contribution in [2.24, 2.45) is 0 Å². The standard InChI is InChI=1S/C17H26BNO3/c1-16(2)17(3,4)22-18(21-16)13-6-5-7-14(12-13)19-10-8-15(20)9-11-19/h5-7,12,15,20H,8-11H2,1-4H3/i5D,6D,7D,8D2,9D2,10D2,11D2,12D,15D. The number of anilines is 1. The van der Waals surface area contributed by atoms with Crippen LogP contribution < -0.4 is 10.4 Å². The molecule has 1 aromatic rings. The molecule has 2 saturated heterocycles. The van der Waals surface area contributed by atoms with Crippen LogP contribution in [0.25, 0.3) is 0 Å². The van der Waals surface area contributed by atoms with Gasteiger partial charge in [0.25, 0.3) is 0 Å². The zero-order chi connectivity index (χ0) is 27.5. The van der Waals surface area contributed by atoms with Gasteiger partial charge in [-0.1, -0.05) is 12.1 Å². The Morgan fingerprint density at radius 1 is 1.27 bits per heavy atom. The van der Waals surface area contributed by atoms with E-state index in [1.807, 2.05) is 0 Å². The molecule has 0 bridgehead atoms. The lowest BCUT2D eigenvalue weighted by atomic mass is 9.79. The fraction of sp³-hybridized carbons (Fsp3) is 0.647. The second-order valence-electron chi connectivity index (χ2n) is 6.01. The summed E-state index contributed by atoms with van der Waals surface area (Å²) in [6, 6.07) is -3.54. The van der Waals surface area contributed by atoms with Gasteiger partial charge in [-0.15, -0.1) is 0 Å². The molecular weight excluding hydrogens is 277 g/mol. The predicted octanol–water partition coefficient (Wildman–Crippen LogP) is 1.95. The van der Waals surface area contributed by atoms with Crippen LogP contribution in [0.4, 0.5) is 5.69 Å². The van der Waals surface area contributed by atoms with Crippen LogP contribution >= 0.6 is 0 Å². The normalized spacial score (nSPS) is 44.0. The first-order valence-corrected chi connectivity index (χ1v) is 6.81. The summed E-state index contributed by atoms with van der Waals surface area (Å²) in [5.74, 6) is 0. The molecular formula is C17H26BNO3. The number of aliphatic hydroxyl groups is 1. The van der Waals surface area contributed by atoms with Crippen LogP contribution in [0.15, 0.2) is 24.2 Å². The van der Waals surface area contributed by atoms with Gasteiger partial charge in [0.05, 0.1) is 24.1 Å². The minimum absolute atomic E-state index is 0.167. The Morgan fingerprint density at radius 3 is 2.45 bits per heavy atom. The molecule has 120 valence electrons. The van der Waals surface area contributed by atoms with Gasteiger partial charge in [0.2, 0.25) is 0 Å². The van der Waals surface area contributed by atoms with Gasteiger partial charge in [0, 0.05) is 29.6 Å². The number of hydrogen-bond acceptors (Lipinski definition) is 4. The highest BCUT2D eigenvalue weighted by molar-refractivity contribution is 6.62. The monoisotopic (exact) mass is 316 g/mol. The Balaban J connectivity index is 2.39. The summed E-state index contributed by atoms with van der Waals surface area (Å²) in [6.07, 6.45) is -11.5. The second kappa shape index (κ2) is 5.55. The van der Waals surface area contributed by atoms with Gasteiger partial charge in [-0.2, -0.15) is 0 Å². The van der Waals surface area contributed by atoms with Gasteiger partial charge in [0.15, 0.2) is 0 Å². The minimum atomic E-state index is -3.93. The smallest absolute Gasteiger partial charge is 0.399 e. The van der Waals surface area contributed by atoms with Crippen molar-refractivity contribution in [1.82, 2.24) is 0 Å². The second-order valence-corrected chi connectivity index (χ2v) is 6.01. The lowest BCUT2D eigenvalue weighted by Crippen LogP contribution is -2.41. The van der Waals surface area contributed by atoms with Crippen LogP contribution in [-0.4, -0.2) is 42.5 Å². The highest BCUT2D eigenvalue weighted by atomic mass is 16.7. The van der Waals surface area contributed by atoms with Crippen molar-refractivity contribution >= 4 is 18.3 Å². The molecule has 22 heavy (non-hydrogen) atoms. The molecule has 1 aromatic carbocycles. The van der Waals surface area contributed by atoms with E-state index in [0.717, 1.165) is 0 Å². The molecule has 2 heterocycles. The Bertz CT molecular complexity index is 1030. The average molecular weight is 316 g/mol. The van der Waals surface area contributed by atoms with Gasteiger partial charge in [-0.25, -0.2) is 0 Å². The molecule has 0 aliphatic carbocycles. The Kier molecular flexibility index (Phi) is 1.63. The minimum Gasteiger partial charge on any atom is -0.399 e. The summed E-state index contributed by atoms with van der Waals surface area (Å²) in [7, 11) is -1.47. The molecule has 2 aliphatic rings. The van der Waals surface area contributed by atoms with Crippen LogP contribution in [0.3, 0.4) is 0 Å². The van der Waals surface area contributed by atoms with Crippen LogP contribution in [-0.2, 0) is 9.31 Å². The van der Waals surface area contributed by atoms with Crippen molar-refractivity contribution in [3.63, 3.8) is 0 Å².